The van der Waals surface area contributed by atoms with Crippen molar-refractivity contribution >= 4 is 54.9 Å². The molecule has 47 heavy (non-hydrogen) atoms. The lowest BCUT2D eigenvalue weighted by molar-refractivity contribution is 0.484. The maximum Gasteiger partial charge on any atom is 0.165 e. The van der Waals surface area contributed by atoms with Crippen LogP contribution in [0.4, 0.5) is 0 Å². The predicted octanol–water partition coefficient (Wildman–Crippen LogP) is 9.51. The van der Waals surface area contributed by atoms with E-state index >= 15 is 0 Å². The molecule has 0 saturated heterocycles. The molecule has 10 rings (SSSR count). The van der Waals surface area contributed by atoms with E-state index in [2.05, 4.69) is 104 Å². The highest BCUT2D eigenvalue weighted by atomic mass is 16.5. The Labute approximate surface area is 268 Å². The molecule has 0 amide bonds. The zero-order valence-corrected chi connectivity index (χ0v) is 24.9. The van der Waals surface area contributed by atoms with Crippen LogP contribution in [0.15, 0.2) is 146 Å². The van der Waals surface area contributed by atoms with E-state index < -0.39 is 0 Å². The van der Waals surface area contributed by atoms with Gasteiger partial charge >= 0.3 is 0 Å². The van der Waals surface area contributed by atoms with Gasteiger partial charge in [0.05, 0.1) is 5.52 Å². The zero-order valence-electron chi connectivity index (χ0n) is 24.9. The molecule has 0 fully saturated rings. The van der Waals surface area contributed by atoms with Gasteiger partial charge in [0, 0.05) is 64.3 Å². The molecule has 0 saturated carbocycles. The van der Waals surface area contributed by atoms with E-state index in [0.717, 1.165) is 77.3 Å². The normalized spacial score (nSPS) is 11.8. The fourth-order valence-electron chi connectivity index (χ4n) is 6.91. The molecule has 5 heterocycles. The molecule has 7 heteroatoms. The van der Waals surface area contributed by atoms with Gasteiger partial charge in [-0.25, -0.2) is 15.0 Å². The number of hydrogen-bond donors (Lipinski definition) is 0. The van der Waals surface area contributed by atoms with Crippen LogP contribution in [-0.2, 0) is 0 Å². The molecule has 0 aliphatic carbocycles. The van der Waals surface area contributed by atoms with Crippen molar-refractivity contribution in [3.05, 3.63) is 146 Å². The lowest BCUT2D eigenvalue weighted by atomic mass is 9.93. The molecular formula is C40H24N6O. The maximum atomic E-state index is 6.55. The average molecular weight is 605 g/mol. The van der Waals surface area contributed by atoms with Crippen molar-refractivity contribution < 1.29 is 4.74 Å². The number of rotatable bonds is 4. The van der Waals surface area contributed by atoms with Gasteiger partial charge in [0.1, 0.15) is 28.3 Å². The summed E-state index contributed by atoms with van der Waals surface area (Å²) in [6.07, 6.45) is 11.0. The average Bonchev–Trinajstić information content (AvgIpc) is 3.84. The van der Waals surface area contributed by atoms with Crippen molar-refractivity contribution in [2.45, 2.75) is 0 Å². The second kappa shape index (κ2) is 9.95. The Balaban J connectivity index is 1.17. The van der Waals surface area contributed by atoms with Crippen molar-refractivity contribution in [2.75, 3.05) is 0 Å². The van der Waals surface area contributed by atoms with Crippen LogP contribution in [-0.4, -0.2) is 28.7 Å². The van der Waals surface area contributed by atoms with Gasteiger partial charge in [-0.2, -0.15) is 0 Å². The third-order valence-corrected chi connectivity index (χ3v) is 8.98. The van der Waals surface area contributed by atoms with E-state index in [9.17, 15) is 0 Å². The number of pyridine rings is 2. The molecule has 5 aromatic carbocycles. The second-order valence-corrected chi connectivity index (χ2v) is 11.6. The van der Waals surface area contributed by atoms with Crippen LogP contribution in [0.5, 0.6) is 11.5 Å². The molecule has 0 aliphatic rings. The number of ether oxygens (including phenoxy) is 1. The fourth-order valence-corrected chi connectivity index (χ4v) is 6.91. The largest absolute Gasteiger partial charge is 0.457 e. The van der Waals surface area contributed by atoms with E-state index in [1.807, 2.05) is 47.3 Å². The first-order valence-electron chi connectivity index (χ1n) is 15.4. The van der Waals surface area contributed by atoms with Gasteiger partial charge in [-0.1, -0.05) is 60.7 Å². The molecule has 0 spiro atoms. The van der Waals surface area contributed by atoms with E-state index in [-0.39, 0.29) is 0 Å². The van der Waals surface area contributed by atoms with Gasteiger partial charge in [0.15, 0.2) is 5.65 Å². The molecule has 0 aliphatic heterocycles. The van der Waals surface area contributed by atoms with E-state index in [1.54, 1.807) is 18.6 Å². The zero-order chi connectivity index (χ0) is 30.9. The number of aromatic nitrogens is 6. The quantitative estimate of drug-likeness (QED) is 0.187. The van der Waals surface area contributed by atoms with Gasteiger partial charge in [0.25, 0.3) is 0 Å². The molecule has 7 nitrogen and oxygen atoms in total. The first kappa shape index (κ1) is 25.7. The molecular weight excluding hydrogens is 580 g/mol. The minimum atomic E-state index is 0.711. The lowest BCUT2D eigenvalue weighted by Gasteiger charge is -2.16. The smallest absolute Gasteiger partial charge is 0.165 e. The van der Waals surface area contributed by atoms with E-state index in [4.69, 9.17) is 9.72 Å². The molecule has 220 valence electrons. The molecule has 0 atom stereocenters. The van der Waals surface area contributed by atoms with Gasteiger partial charge in [-0.3, -0.25) is 13.8 Å². The Kier molecular flexibility index (Phi) is 5.44. The first-order chi connectivity index (χ1) is 23.3. The second-order valence-electron chi connectivity index (χ2n) is 11.6. The first-order valence-corrected chi connectivity index (χ1v) is 15.4. The summed E-state index contributed by atoms with van der Waals surface area (Å²) in [5.74, 6) is 1.44. The summed E-state index contributed by atoms with van der Waals surface area (Å²) in [4.78, 5) is 18.7. The Bertz CT molecular complexity index is 2820. The summed E-state index contributed by atoms with van der Waals surface area (Å²) in [5, 5.41) is 5.21. The molecule has 0 unspecified atom stereocenters. The number of benzene rings is 5. The predicted molar refractivity (Wildman–Crippen MR) is 187 cm³/mol. The lowest BCUT2D eigenvalue weighted by Crippen LogP contribution is -1.96. The highest BCUT2D eigenvalue weighted by Crippen LogP contribution is 2.40. The SMILES string of the molecule is c1ccc(-c2cc(-c3ccccc3)c3c(c2)c2ccc(Oc4ccc5c(c4)c4nccn4c4nccnc54)cc2c2nccn23)cc1. The van der Waals surface area contributed by atoms with Gasteiger partial charge < -0.3 is 4.74 Å². The molecule has 10 aromatic rings. The number of nitrogens with zero attached hydrogens (tertiary/aromatic N) is 6. The summed E-state index contributed by atoms with van der Waals surface area (Å²) in [6, 6.07) is 38.0. The van der Waals surface area contributed by atoms with Crippen molar-refractivity contribution in [3.8, 4) is 33.8 Å². The van der Waals surface area contributed by atoms with Crippen LogP contribution in [0, 0.1) is 0 Å². The van der Waals surface area contributed by atoms with Crippen molar-refractivity contribution in [1.82, 2.24) is 28.7 Å². The van der Waals surface area contributed by atoms with Gasteiger partial charge in [0.2, 0.25) is 0 Å². The van der Waals surface area contributed by atoms with Crippen LogP contribution < -0.4 is 4.74 Å². The minimum Gasteiger partial charge on any atom is -0.457 e. The Morgan fingerprint density at radius 1 is 0.426 bits per heavy atom. The van der Waals surface area contributed by atoms with Crippen LogP contribution in [0.1, 0.15) is 0 Å². The summed E-state index contributed by atoms with van der Waals surface area (Å²) >= 11 is 0. The Hall–Kier alpha value is -6.60. The number of hydrogen-bond acceptors (Lipinski definition) is 5. The van der Waals surface area contributed by atoms with Crippen molar-refractivity contribution in [1.29, 1.82) is 0 Å². The minimum absolute atomic E-state index is 0.711. The fraction of sp³-hybridized carbons (Fsp3) is 0. The monoisotopic (exact) mass is 604 g/mol. The highest BCUT2D eigenvalue weighted by molar-refractivity contribution is 6.16. The molecule has 0 radical (unpaired) electrons. The van der Waals surface area contributed by atoms with E-state index in [0.29, 0.717) is 5.75 Å². The number of fused-ring (bicyclic) bond motifs is 12. The summed E-state index contributed by atoms with van der Waals surface area (Å²) in [7, 11) is 0. The molecule has 0 N–H and O–H groups in total. The highest BCUT2D eigenvalue weighted by Gasteiger charge is 2.17. The third-order valence-electron chi connectivity index (χ3n) is 8.98. The van der Waals surface area contributed by atoms with Crippen LogP contribution in [0.25, 0.3) is 77.2 Å². The standard InChI is InChI=1S/C40H24N6O/c1-3-7-25(8-4-1)27-21-32(26-9-5-2-6-10-26)37-33(22-27)30-13-11-28(23-34(30)38-43-17-19-45(37)38)47-29-12-14-31-35(24-29)39-44-18-20-46(39)40-36(31)41-15-16-42-40/h1-24H. The summed E-state index contributed by atoms with van der Waals surface area (Å²) in [6.45, 7) is 0. The third kappa shape index (κ3) is 3.93. The summed E-state index contributed by atoms with van der Waals surface area (Å²) < 4.78 is 10.7. The molecule has 5 aromatic heterocycles. The van der Waals surface area contributed by atoms with Crippen molar-refractivity contribution in [2.24, 2.45) is 0 Å². The van der Waals surface area contributed by atoms with Crippen molar-refractivity contribution in [3.63, 3.8) is 0 Å². The topological polar surface area (TPSA) is 69.6 Å². The van der Waals surface area contributed by atoms with Crippen LogP contribution in [0.2, 0.25) is 0 Å². The maximum absolute atomic E-state index is 6.55. The van der Waals surface area contributed by atoms with Crippen LogP contribution in [0.3, 0.4) is 0 Å². The van der Waals surface area contributed by atoms with Crippen LogP contribution >= 0.6 is 0 Å². The Morgan fingerprint density at radius 2 is 1.04 bits per heavy atom. The number of imidazole rings is 2. The summed E-state index contributed by atoms with van der Waals surface area (Å²) in [5.41, 5.74) is 9.07. The Morgan fingerprint density at radius 3 is 1.81 bits per heavy atom. The van der Waals surface area contributed by atoms with Gasteiger partial charge in [-0.15, -0.1) is 0 Å². The van der Waals surface area contributed by atoms with E-state index in [1.165, 1.54) is 5.56 Å². The van der Waals surface area contributed by atoms with Gasteiger partial charge in [-0.05, 0) is 70.6 Å². The molecule has 0 bridgehead atoms.